The van der Waals surface area contributed by atoms with Crippen molar-refractivity contribution < 1.29 is 9.90 Å². The van der Waals surface area contributed by atoms with E-state index in [4.69, 9.17) is 0 Å². The SMILES string of the molecule is Bc1ccc(C(O)C(=O)Nc2ccc(Cc3cc(NC(=C)C)ncn3)cc2)cc1. The fourth-order valence-corrected chi connectivity index (χ4v) is 2.81. The molecule has 0 spiro atoms. The number of allylic oxidation sites excluding steroid dienone is 1. The molecule has 1 unspecified atom stereocenters. The highest BCUT2D eigenvalue weighted by atomic mass is 16.3. The lowest BCUT2D eigenvalue weighted by atomic mass is 9.94. The van der Waals surface area contributed by atoms with Gasteiger partial charge in [-0.2, -0.15) is 0 Å². The summed E-state index contributed by atoms with van der Waals surface area (Å²) in [6, 6.07) is 16.6. The number of carbonyl (C=O) groups excluding carboxylic acids is 1. The first-order valence-corrected chi connectivity index (χ1v) is 9.28. The maximum Gasteiger partial charge on any atom is 0.257 e. The molecule has 0 aliphatic carbocycles. The van der Waals surface area contributed by atoms with Crippen molar-refractivity contribution in [1.29, 1.82) is 0 Å². The summed E-state index contributed by atoms with van der Waals surface area (Å²) in [4.78, 5) is 20.8. The van der Waals surface area contributed by atoms with Crippen LogP contribution in [0.15, 0.2) is 73.2 Å². The lowest BCUT2D eigenvalue weighted by Crippen LogP contribution is -2.21. The molecule has 1 amide bonds. The van der Waals surface area contributed by atoms with Crippen LogP contribution in [0.1, 0.15) is 29.8 Å². The first-order chi connectivity index (χ1) is 13.9. The predicted octanol–water partition coefficient (Wildman–Crippen LogP) is 1.94. The van der Waals surface area contributed by atoms with Crippen molar-refractivity contribution in [3.05, 3.63) is 90.0 Å². The van der Waals surface area contributed by atoms with Gasteiger partial charge in [0.25, 0.3) is 5.91 Å². The van der Waals surface area contributed by atoms with E-state index in [9.17, 15) is 9.90 Å². The number of benzene rings is 2. The van der Waals surface area contributed by atoms with Gasteiger partial charge in [-0.1, -0.05) is 48.4 Å². The molecule has 0 bridgehead atoms. The minimum atomic E-state index is -1.21. The molecule has 7 heteroatoms. The molecular formula is C22H23BN4O2. The molecule has 0 fully saturated rings. The van der Waals surface area contributed by atoms with Gasteiger partial charge in [0, 0.05) is 23.9 Å². The second-order valence-corrected chi connectivity index (χ2v) is 6.98. The van der Waals surface area contributed by atoms with Gasteiger partial charge in [0.1, 0.15) is 20.0 Å². The molecule has 2 aromatic carbocycles. The van der Waals surface area contributed by atoms with Crippen LogP contribution in [0.2, 0.25) is 0 Å². The molecule has 1 heterocycles. The van der Waals surface area contributed by atoms with Gasteiger partial charge in [-0.05, 0) is 30.2 Å². The molecule has 1 atom stereocenters. The highest BCUT2D eigenvalue weighted by Gasteiger charge is 2.17. The number of rotatable bonds is 7. The number of aliphatic hydroxyl groups is 1. The highest BCUT2D eigenvalue weighted by molar-refractivity contribution is 6.32. The van der Waals surface area contributed by atoms with Gasteiger partial charge in [-0.25, -0.2) is 9.97 Å². The molecule has 3 N–H and O–H groups in total. The number of nitrogens with one attached hydrogen (secondary N) is 2. The molecule has 0 aliphatic rings. The number of aliphatic hydroxyl groups excluding tert-OH is 1. The number of carbonyl (C=O) groups is 1. The molecule has 3 rings (SSSR count). The van der Waals surface area contributed by atoms with Gasteiger partial charge in [-0.15, -0.1) is 0 Å². The van der Waals surface area contributed by atoms with Gasteiger partial charge in [0.05, 0.1) is 5.69 Å². The van der Waals surface area contributed by atoms with Gasteiger partial charge in [0.15, 0.2) is 6.10 Å². The maximum absolute atomic E-state index is 12.3. The van der Waals surface area contributed by atoms with Crippen LogP contribution in [-0.2, 0) is 11.2 Å². The van der Waals surface area contributed by atoms with Crippen LogP contribution in [-0.4, -0.2) is 28.8 Å². The third-order valence-corrected chi connectivity index (χ3v) is 4.31. The summed E-state index contributed by atoms with van der Waals surface area (Å²) in [7, 11) is 1.96. The Balaban J connectivity index is 1.62. The van der Waals surface area contributed by atoms with E-state index in [0.717, 1.165) is 22.4 Å². The molecule has 1 aromatic heterocycles. The number of aromatic nitrogens is 2. The monoisotopic (exact) mass is 386 g/mol. The molecule has 0 aliphatic heterocycles. The van der Waals surface area contributed by atoms with Crippen molar-refractivity contribution in [3.8, 4) is 0 Å². The van der Waals surface area contributed by atoms with Crippen LogP contribution in [0.4, 0.5) is 11.5 Å². The fraction of sp³-hybridized carbons (Fsp3) is 0.136. The summed E-state index contributed by atoms with van der Waals surface area (Å²) in [5.41, 5.74) is 4.98. The van der Waals surface area contributed by atoms with E-state index in [1.165, 1.54) is 6.33 Å². The van der Waals surface area contributed by atoms with Crippen molar-refractivity contribution in [1.82, 2.24) is 9.97 Å². The van der Waals surface area contributed by atoms with E-state index < -0.39 is 12.0 Å². The number of hydrogen-bond acceptors (Lipinski definition) is 5. The standard InChI is InChI=1S/C22H23BN4O2/c1-14(2)26-20-12-19(24-13-25-20)11-15-3-9-18(10-4-15)27-22(29)21(28)16-5-7-17(23)8-6-16/h3-10,12-13,21,28H,1,11,23H2,2H3,(H,27,29)(H,24,25,26). The second kappa shape index (κ2) is 9.17. The van der Waals surface area contributed by atoms with E-state index in [1.807, 2.05) is 57.2 Å². The Morgan fingerprint density at radius 3 is 2.45 bits per heavy atom. The lowest BCUT2D eigenvalue weighted by molar-refractivity contribution is -0.124. The van der Waals surface area contributed by atoms with Crippen LogP contribution in [0.5, 0.6) is 0 Å². The molecule has 146 valence electrons. The summed E-state index contributed by atoms with van der Waals surface area (Å²) < 4.78 is 0. The summed E-state index contributed by atoms with van der Waals surface area (Å²) in [5.74, 6) is 0.240. The predicted molar refractivity (Wildman–Crippen MR) is 118 cm³/mol. The Morgan fingerprint density at radius 1 is 1.10 bits per heavy atom. The lowest BCUT2D eigenvalue weighted by Gasteiger charge is -2.12. The van der Waals surface area contributed by atoms with Crippen molar-refractivity contribution >= 4 is 30.7 Å². The Hall–Kier alpha value is -3.45. The van der Waals surface area contributed by atoms with Gasteiger partial charge in [-0.3, -0.25) is 4.79 Å². The van der Waals surface area contributed by atoms with E-state index in [-0.39, 0.29) is 0 Å². The number of nitrogens with zero attached hydrogens (tertiary/aromatic N) is 2. The van der Waals surface area contributed by atoms with Gasteiger partial charge in [0.2, 0.25) is 0 Å². The normalized spacial score (nSPS) is 11.5. The molecule has 3 aromatic rings. The maximum atomic E-state index is 12.3. The van der Waals surface area contributed by atoms with Gasteiger partial charge >= 0.3 is 0 Å². The van der Waals surface area contributed by atoms with E-state index in [0.29, 0.717) is 23.5 Å². The smallest absolute Gasteiger partial charge is 0.257 e. The van der Waals surface area contributed by atoms with E-state index in [2.05, 4.69) is 27.2 Å². The molecule has 0 radical (unpaired) electrons. The molecule has 0 saturated carbocycles. The first-order valence-electron chi connectivity index (χ1n) is 9.28. The minimum Gasteiger partial charge on any atom is -0.378 e. The molecule has 0 saturated heterocycles. The summed E-state index contributed by atoms with van der Waals surface area (Å²) >= 11 is 0. The Kier molecular flexibility index (Phi) is 6.41. The number of amides is 1. The first kappa shape index (κ1) is 20.3. The zero-order valence-corrected chi connectivity index (χ0v) is 16.5. The van der Waals surface area contributed by atoms with Crippen molar-refractivity contribution in [2.24, 2.45) is 0 Å². The third-order valence-electron chi connectivity index (χ3n) is 4.31. The Labute approximate surface area is 171 Å². The molecular weight excluding hydrogens is 363 g/mol. The van der Waals surface area contributed by atoms with Crippen LogP contribution >= 0.6 is 0 Å². The summed E-state index contributed by atoms with van der Waals surface area (Å²) in [6.07, 6.45) is 0.936. The van der Waals surface area contributed by atoms with Crippen molar-refractivity contribution in [2.75, 3.05) is 10.6 Å². The zero-order chi connectivity index (χ0) is 20.8. The Morgan fingerprint density at radius 2 is 1.79 bits per heavy atom. The molecule has 29 heavy (non-hydrogen) atoms. The van der Waals surface area contributed by atoms with E-state index in [1.54, 1.807) is 12.1 Å². The van der Waals surface area contributed by atoms with Crippen LogP contribution in [0.3, 0.4) is 0 Å². The largest absolute Gasteiger partial charge is 0.378 e. The topological polar surface area (TPSA) is 87.1 Å². The Bertz CT molecular complexity index is 1000. The highest BCUT2D eigenvalue weighted by Crippen LogP contribution is 2.17. The molecule has 6 nitrogen and oxygen atoms in total. The van der Waals surface area contributed by atoms with Crippen LogP contribution in [0, 0.1) is 0 Å². The fourth-order valence-electron chi connectivity index (χ4n) is 2.81. The summed E-state index contributed by atoms with van der Waals surface area (Å²) in [6.45, 7) is 5.67. The average molecular weight is 386 g/mol. The second-order valence-electron chi connectivity index (χ2n) is 6.98. The van der Waals surface area contributed by atoms with Crippen LogP contribution < -0.4 is 16.1 Å². The number of hydrogen-bond donors (Lipinski definition) is 3. The third kappa shape index (κ3) is 5.76. The zero-order valence-electron chi connectivity index (χ0n) is 16.5. The van der Waals surface area contributed by atoms with Crippen molar-refractivity contribution in [3.63, 3.8) is 0 Å². The number of anilines is 2. The van der Waals surface area contributed by atoms with Gasteiger partial charge < -0.3 is 15.7 Å². The van der Waals surface area contributed by atoms with Crippen molar-refractivity contribution in [2.45, 2.75) is 19.4 Å². The van der Waals surface area contributed by atoms with E-state index >= 15 is 0 Å². The summed E-state index contributed by atoms with van der Waals surface area (Å²) in [5, 5.41) is 16.1. The van der Waals surface area contributed by atoms with Crippen LogP contribution in [0.25, 0.3) is 0 Å². The average Bonchev–Trinajstić information content (AvgIpc) is 2.69. The quantitative estimate of drug-likeness (QED) is 0.541. The minimum absolute atomic E-state index is 0.465.